The minimum atomic E-state index is -0.871. The van der Waals surface area contributed by atoms with Crippen molar-refractivity contribution in [2.75, 3.05) is 4.90 Å². The highest BCUT2D eigenvalue weighted by molar-refractivity contribution is 6.24. The van der Waals surface area contributed by atoms with E-state index < -0.39 is 46.1 Å². The smallest absolute Gasteiger partial charge is 0.271 e. The van der Waals surface area contributed by atoms with Crippen molar-refractivity contribution in [3.05, 3.63) is 76.0 Å². The van der Waals surface area contributed by atoms with Gasteiger partial charge >= 0.3 is 0 Å². The van der Waals surface area contributed by atoms with E-state index >= 15 is 0 Å². The Bertz CT molecular complexity index is 1240. The molecular formula is C25H23N3O5. The number of nitrogens with zero attached hydrogens (tertiary/aromatic N) is 3. The molecule has 2 amide bonds. The molecule has 0 aromatic heterocycles. The summed E-state index contributed by atoms with van der Waals surface area (Å²) >= 11 is 0. The Kier molecular flexibility index (Phi) is 4.53. The first kappa shape index (κ1) is 21.1. The monoisotopic (exact) mass is 445 g/mol. The number of carbonyl (C=O) groups is 3. The molecule has 2 aromatic carbocycles. The fourth-order valence-electron chi connectivity index (χ4n) is 5.30. The zero-order valence-corrected chi connectivity index (χ0v) is 18.5. The molecule has 0 bridgehead atoms. The first-order chi connectivity index (χ1) is 15.6. The number of ketones is 1. The topological polar surface area (TPSA) is 101 Å². The van der Waals surface area contributed by atoms with E-state index in [4.69, 9.17) is 0 Å². The van der Waals surface area contributed by atoms with Gasteiger partial charge in [-0.25, -0.2) is 4.90 Å². The van der Waals surface area contributed by atoms with Crippen LogP contribution in [0.5, 0.6) is 0 Å². The van der Waals surface area contributed by atoms with E-state index in [9.17, 15) is 24.5 Å². The molecule has 0 saturated carbocycles. The lowest BCUT2D eigenvalue weighted by molar-refractivity contribution is -0.384. The molecule has 0 radical (unpaired) electrons. The van der Waals surface area contributed by atoms with Gasteiger partial charge in [-0.05, 0) is 23.3 Å². The van der Waals surface area contributed by atoms with Gasteiger partial charge in [-0.1, -0.05) is 51.1 Å². The average molecular weight is 445 g/mol. The van der Waals surface area contributed by atoms with Crippen LogP contribution in [-0.4, -0.2) is 33.5 Å². The molecule has 3 aliphatic heterocycles. The van der Waals surface area contributed by atoms with Crippen molar-refractivity contribution in [2.24, 2.45) is 17.3 Å². The molecule has 2 aromatic rings. The number of hydrogen-bond donors (Lipinski definition) is 0. The largest absolute Gasteiger partial charge is 0.359 e. The van der Waals surface area contributed by atoms with Crippen LogP contribution in [0.4, 0.5) is 11.4 Å². The standard InChI is InChI=1S/C25H23N3O5/c1-25(2,3)22(29)21-19-18(20-17-10-5-4-7-14(17)11-12-26(20)21)23(30)27(24(19)31)15-8-6-9-16(13-15)28(32)33/h4-13,18-21H,1-3H3/t18-,19+,20-,21-/m0/s1. The number of amides is 2. The van der Waals surface area contributed by atoms with Crippen LogP contribution in [0.15, 0.2) is 54.7 Å². The van der Waals surface area contributed by atoms with Gasteiger partial charge in [-0.2, -0.15) is 0 Å². The Morgan fingerprint density at radius 2 is 1.70 bits per heavy atom. The van der Waals surface area contributed by atoms with E-state index in [1.54, 1.807) is 20.8 Å². The molecule has 2 saturated heterocycles. The van der Waals surface area contributed by atoms with E-state index in [0.717, 1.165) is 16.0 Å². The molecule has 3 heterocycles. The summed E-state index contributed by atoms with van der Waals surface area (Å²) in [5.41, 5.74) is 1.05. The second-order valence-electron chi connectivity index (χ2n) is 9.74. The third-order valence-corrected chi connectivity index (χ3v) is 6.77. The molecule has 33 heavy (non-hydrogen) atoms. The Morgan fingerprint density at radius 3 is 2.39 bits per heavy atom. The maximum atomic E-state index is 13.7. The van der Waals surface area contributed by atoms with Crippen LogP contribution in [0.1, 0.15) is 37.9 Å². The first-order valence-electron chi connectivity index (χ1n) is 10.8. The molecule has 168 valence electrons. The van der Waals surface area contributed by atoms with Crippen LogP contribution in [-0.2, 0) is 14.4 Å². The Morgan fingerprint density at radius 1 is 1.00 bits per heavy atom. The van der Waals surface area contributed by atoms with Crippen molar-refractivity contribution in [1.29, 1.82) is 0 Å². The molecule has 8 heteroatoms. The molecule has 0 N–H and O–H groups in total. The minimum Gasteiger partial charge on any atom is -0.359 e. The molecule has 3 aliphatic rings. The van der Waals surface area contributed by atoms with Crippen molar-refractivity contribution >= 4 is 35.0 Å². The highest BCUT2D eigenvalue weighted by atomic mass is 16.6. The summed E-state index contributed by atoms with van der Waals surface area (Å²) in [6.07, 6.45) is 3.72. The van der Waals surface area contributed by atoms with Gasteiger partial charge < -0.3 is 4.90 Å². The Labute approximate surface area is 190 Å². The van der Waals surface area contributed by atoms with Crippen molar-refractivity contribution in [2.45, 2.75) is 32.9 Å². The van der Waals surface area contributed by atoms with Crippen molar-refractivity contribution in [1.82, 2.24) is 4.90 Å². The summed E-state index contributed by atoms with van der Waals surface area (Å²) in [4.78, 5) is 54.6. The third-order valence-electron chi connectivity index (χ3n) is 6.77. The maximum absolute atomic E-state index is 13.7. The van der Waals surface area contributed by atoms with Gasteiger partial charge in [0.05, 0.1) is 28.5 Å². The van der Waals surface area contributed by atoms with Gasteiger partial charge in [0.15, 0.2) is 5.78 Å². The number of anilines is 1. The highest BCUT2D eigenvalue weighted by Crippen LogP contribution is 2.54. The molecular weight excluding hydrogens is 422 g/mol. The fourth-order valence-corrected chi connectivity index (χ4v) is 5.30. The number of nitro groups is 1. The first-order valence-corrected chi connectivity index (χ1v) is 10.8. The quantitative estimate of drug-likeness (QED) is 0.405. The third kappa shape index (κ3) is 3.01. The predicted molar refractivity (Wildman–Crippen MR) is 121 cm³/mol. The minimum absolute atomic E-state index is 0.119. The number of carbonyl (C=O) groups excluding carboxylic acids is 3. The number of imide groups is 1. The van der Waals surface area contributed by atoms with Crippen LogP contribution in [0.2, 0.25) is 0 Å². The van der Waals surface area contributed by atoms with Crippen LogP contribution >= 0.6 is 0 Å². The fraction of sp³-hybridized carbons (Fsp3) is 0.320. The maximum Gasteiger partial charge on any atom is 0.271 e. The molecule has 5 rings (SSSR count). The number of fused-ring (bicyclic) bond motifs is 5. The second kappa shape index (κ2) is 7.10. The van der Waals surface area contributed by atoms with E-state index in [2.05, 4.69) is 0 Å². The number of rotatable bonds is 3. The molecule has 0 spiro atoms. The van der Waals surface area contributed by atoms with Gasteiger partial charge in [0.2, 0.25) is 11.8 Å². The average Bonchev–Trinajstić information content (AvgIpc) is 3.25. The van der Waals surface area contributed by atoms with Crippen LogP contribution < -0.4 is 4.90 Å². The van der Waals surface area contributed by atoms with Gasteiger partial charge in [-0.15, -0.1) is 0 Å². The van der Waals surface area contributed by atoms with E-state index in [1.807, 2.05) is 41.4 Å². The van der Waals surface area contributed by atoms with Crippen LogP contribution in [0, 0.1) is 27.4 Å². The molecule has 0 unspecified atom stereocenters. The highest BCUT2D eigenvalue weighted by Gasteiger charge is 2.65. The number of benzene rings is 2. The van der Waals surface area contributed by atoms with E-state index in [1.165, 1.54) is 24.3 Å². The summed E-state index contributed by atoms with van der Waals surface area (Å²) in [6, 6.07) is 11.9. The summed E-state index contributed by atoms with van der Waals surface area (Å²) in [6.45, 7) is 5.41. The van der Waals surface area contributed by atoms with Crippen molar-refractivity contribution in [3.8, 4) is 0 Å². The predicted octanol–water partition coefficient (Wildman–Crippen LogP) is 3.73. The number of non-ortho nitro benzene ring substituents is 1. The summed E-state index contributed by atoms with van der Waals surface area (Å²) in [5, 5.41) is 11.3. The van der Waals surface area contributed by atoms with Crippen molar-refractivity contribution in [3.63, 3.8) is 0 Å². The summed E-state index contributed by atoms with van der Waals surface area (Å²) < 4.78 is 0. The van der Waals surface area contributed by atoms with Crippen molar-refractivity contribution < 1.29 is 19.3 Å². The SMILES string of the molecule is CC(C)(C)C(=O)[C@@H]1[C@@H]2C(=O)N(c3cccc([N+](=O)[O-])c3)C(=O)[C@@H]2[C@@H]2c3ccccc3C=CN12. The molecule has 8 nitrogen and oxygen atoms in total. The molecule has 4 atom stereocenters. The zero-order chi connectivity index (χ0) is 23.7. The lowest BCUT2D eigenvalue weighted by Crippen LogP contribution is -2.47. The van der Waals surface area contributed by atoms with Gasteiger partial charge in [-0.3, -0.25) is 24.5 Å². The Balaban J connectivity index is 1.66. The summed E-state index contributed by atoms with van der Waals surface area (Å²) in [7, 11) is 0. The number of hydrogen-bond acceptors (Lipinski definition) is 6. The van der Waals surface area contributed by atoms with Gasteiger partial charge in [0.1, 0.15) is 6.04 Å². The lowest BCUT2D eigenvalue weighted by Gasteiger charge is -2.37. The summed E-state index contributed by atoms with van der Waals surface area (Å²) in [5.74, 6) is -2.68. The van der Waals surface area contributed by atoms with Gasteiger partial charge in [0.25, 0.3) is 5.69 Å². The van der Waals surface area contributed by atoms with Crippen LogP contribution in [0.3, 0.4) is 0 Å². The van der Waals surface area contributed by atoms with Crippen LogP contribution in [0.25, 0.3) is 6.08 Å². The van der Waals surface area contributed by atoms with E-state index in [0.29, 0.717) is 0 Å². The molecule has 0 aliphatic carbocycles. The lowest BCUT2D eigenvalue weighted by atomic mass is 9.79. The second-order valence-corrected chi connectivity index (χ2v) is 9.74. The van der Waals surface area contributed by atoms with E-state index in [-0.39, 0.29) is 17.2 Å². The number of Topliss-reactive ketones (excluding diaryl/α,β-unsaturated/α-hetero) is 1. The number of nitro benzene ring substituents is 1. The molecule has 2 fully saturated rings. The van der Waals surface area contributed by atoms with Gasteiger partial charge in [0, 0.05) is 23.7 Å². The zero-order valence-electron chi connectivity index (χ0n) is 18.5. The Hall–Kier alpha value is -3.81. The normalized spacial score (nSPS) is 25.7.